The van der Waals surface area contributed by atoms with E-state index in [2.05, 4.69) is 65.7 Å². The average Bonchev–Trinajstić information content (AvgIpc) is 3.29. The van der Waals surface area contributed by atoms with E-state index < -0.39 is 60.9 Å². The van der Waals surface area contributed by atoms with Crippen LogP contribution in [0.2, 0.25) is 0 Å². The first kappa shape index (κ1) is 41.8. The van der Waals surface area contributed by atoms with Crippen molar-refractivity contribution in [3.8, 4) is 11.8 Å². The molecule has 0 amide bonds. The van der Waals surface area contributed by atoms with Gasteiger partial charge in [0.05, 0.1) is 24.8 Å². The molecule has 0 spiro atoms. The van der Waals surface area contributed by atoms with Crippen molar-refractivity contribution in [1.29, 1.82) is 0 Å². The molecule has 252 valence electrons. The molecular weight excluding hydrogens is 653 g/mol. The maximum absolute atomic E-state index is 12.4. The van der Waals surface area contributed by atoms with E-state index in [1.807, 2.05) is 0 Å². The second-order valence-corrected chi connectivity index (χ2v) is 12.6. The Hall–Kier alpha value is -2.20. The Morgan fingerprint density at radius 1 is 1.18 bits per heavy atom. The van der Waals surface area contributed by atoms with E-state index in [9.17, 15) is 28.3 Å². The number of nitrogens with zero attached hydrogens (tertiary/aromatic N) is 6. The van der Waals surface area contributed by atoms with Gasteiger partial charge in [0.15, 0.2) is 0 Å². The number of hydrogen-bond acceptors (Lipinski definition) is 14. The third-order valence-corrected chi connectivity index (χ3v) is 9.17. The van der Waals surface area contributed by atoms with E-state index in [0.717, 1.165) is 4.57 Å². The highest BCUT2D eigenvalue weighted by molar-refractivity contribution is 7.66. The van der Waals surface area contributed by atoms with Crippen LogP contribution < -0.4 is 17.2 Å². The van der Waals surface area contributed by atoms with Crippen LogP contribution in [0.1, 0.15) is 46.4 Å². The first-order valence-corrected chi connectivity index (χ1v) is 16.9. The van der Waals surface area contributed by atoms with Crippen LogP contribution in [0.4, 0.5) is 5.82 Å². The summed E-state index contributed by atoms with van der Waals surface area (Å²) in [4.78, 5) is 56.9. The van der Waals surface area contributed by atoms with Crippen molar-refractivity contribution in [2.24, 2.45) is 10.8 Å². The van der Waals surface area contributed by atoms with Gasteiger partial charge in [0, 0.05) is 17.5 Å². The van der Waals surface area contributed by atoms with Gasteiger partial charge in [0.1, 0.15) is 24.9 Å². The van der Waals surface area contributed by atoms with Crippen LogP contribution in [0.5, 0.6) is 0 Å². The van der Waals surface area contributed by atoms with Crippen molar-refractivity contribution in [2.75, 3.05) is 45.3 Å². The van der Waals surface area contributed by atoms with Gasteiger partial charge in [-0.3, -0.25) is 9.09 Å². The van der Waals surface area contributed by atoms with Gasteiger partial charge in [-0.05, 0) is 25.2 Å². The normalized spacial score (nSPS) is 20.5. The predicted octanol–water partition coefficient (Wildman–Crippen LogP) is 1.40. The highest BCUT2D eigenvalue weighted by atomic mass is 31.3. The van der Waals surface area contributed by atoms with Gasteiger partial charge in [-0.25, -0.2) is 18.5 Å². The molecule has 0 aliphatic carbocycles. The number of aromatic nitrogens is 2. The first-order chi connectivity index (χ1) is 20.0. The lowest BCUT2D eigenvalue weighted by atomic mass is 10.2. The summed E-state index contributed by atoms with van der Waals surface area (Å²) < 4.78 is 58.0. The monoisotopic (exact) mass is 692 g/mol. The van der Waals surface area contributed by atoms with Gasteiger partial charge in [0.2, 0.25) is 0 Å². The summed E-state index contributed by atoms with van der Waals surface area (Å²) in [5.74, 6) is 4.99. The van der Waals surface area contributed by atoms with Crippen LogP contribution in [0.3, 0.4) is 0 Å². The molecule has 2 unspecified atom stereocenters. The molecule has 1 aliphatic heterocycles. The molecule has 0 radical (unpaired) electrons. The summed E-state index contributed by atoms with van der Waals surface area (Å²) in [5, 5.41) is 3.18. The largest absolute Gasteiger partial charge is 0.490 e. The summed E-state index contributed by atoms with van der Waals surface area (Å²) in [6, 6.07) is 0. The molecular formula is C20H39N8O13P3. The molecule has 0 saturated carbocycles. The zero-order chi connectivity index (χ0) is 32.8. The van der Waals surface area contributed by atoms with Crippen molar-refractivity contribution >= 4 is 29.3 Å². The Morgan fingerprint density at radius 3 is 2.30 bits per heavy atom. The van der Waals surface area contributed by atoms with Crippen LogP contribution in [0, 0.1) is 11.8 Å². The Labute approximate surface area is 253 Å². The van der Waals surface area contributed by atoms with Gasteiger partial charge >= 0.3 is 29.2 Å². The number of phosphoric ester groups is 1. The second kappa shape index (κ2) is 19.3. The molecule has 1 saturated heterocycles. The van der Waals surface area contributed by atoms with E-state index in [0.29, 0.717) is 0 Å². The van der Waals surface area contributed by atoms with Gasteiger partial charge in [-0.2, -0.15) is 13.6 Å². The number of nitrogen functional groups attached to an aromatic ring is 1. The first-order valence-electron chi connectivity index (χ1n) is 12.4. The lowest BCUT2D eigenvalue weighted by Gasteiger charge is -2.21. The topological polar surface area (TPSA) is 317 Å². The molecule has 5 atom stereocenters. The number of nitrogens with two attached hydrogens (primary N) is 2. The van der Waals surface area contributed by atoms with Crippen molar-refractivity contribution < 1.29 is 55.9 Å². The fraction of sp³-hybridized carbons (Fsp3) is 0.700. The van der Waals surface area contributed by atoms with E-state index in [1.54, 1.807) is 0 Å². The number of rotatable bonds is 14. The van der Waals surface area contributed by atoms with Gasteiger partial charge in [-0.15, -0.1) is 0 Å². The van der Waals surface area contributed by atoms with Crippen molar-refractivity contribution in [3.05, 3.63) is 32.7 Å². The Bertz CT molecular complexity index is 1370. The highest BCUT2D eigenvalue weighted by Crippen LogP contribution is 2.66. The minimum Gasteiger partial charge on any atom is -0.382 e. The molecule has 21 nitrogen and oxygen atoms in total. The molecule has 1 aliphatic rings. The number of azide groups is 1. The predicted molar refractivity (Wildman–Crippen MR) is 156 cm³/mol. The van der Waals surface area contributed by atoms with Gasteiger partial charge in [-0.1, -0.05) is 45.2 Å². The standard InChI is InChI=1S/C13H20N7O13P3.C6H15N.CH4/c14-3-1-2-8-5-20(13(21)18-12(8)15)11-4-9(29-7-17-19-16)10(31-11)6-30-35(25,26)33-36(27,28)32-34(22,23)24;1-4-7(5-2)6-3;/h5,9-11H,3-4,6-7,14H2,(H,25,26)(H,27,28)(H2,15,18,21)(H2,22,23,24);4-6H2,1-3H3;1H4/t9-,10-,11-;;/m1../s1. The van der Waals surface area contributed by atoms with E-state index in [-0.39, 0.29) is 31.8 Å². The summed E-state index contributed by atoms with van der Waals surface area (Å²) in [6.45, 7) is 8.74. The Kier molecular flexibility index (Phi) is 18.4. The molecule has 0 aromatic carbocycles. The van der Waals surface area contributed by atoms with Crippen LogP contribution in [0.15, 0.2) is 16.1 Å². The molecule has 2 rings (SSSR count). The molecule has 1 fully saturated rings. The van der Waals surface area contributed by atoms with Crippen molar-refractivity contribution in [1.82, 2.24) is 14.5 Å². The second-order valence-electron chi connectivity index (χ2n) is 8.17. The summed E-state index contributed by atoms with van der Waals surface area (Å²) >= 11 is 0. The lowest BCUT2D eigenvalue weighted by Crippen LogP contribution is -2.29. The Morgan fingerprint density at radius 2 is 1.80 bits per heavy atom. The number of anilines is 1. The minimum atomic E-state index is -5.74. The molecule has 1 aromatic rings. The molecule has 24 heteroatoms. The Balaban J connectivity index is 0.00000206. The molecule has 0 bridgehead atoms. The van der Waals surface area contributed by atoms with Crippen molar-refractivity contribution in [2.45, 2.75) is 53.1 Å². The number of phosphoric acid groups is 3. The average molecular weight is 692 g/mol. The van der Waals surface area contributed by atoms with Crippen LogP contribution in [0.25, 0.3) is 10.4 Å². The molecule has 2 heterocycles. The summed E-state index contributed by atoms with van der Waals surface area (Å²) in [5.41, 5.74) is 18.7. The smallest absolute Gasteiger partial charge is 0.382 e. The highest BCUT2D eigenvalue weighted by Gasteiger charge is 2.43. The zero-order valence-electron chi connectivity index (χ0n) is 23.4. The molecule has 1 aromatic heterocycles. The maximum atomic E-state index is 12.4. The summed E-state index contributed by atoms with van der Waals surface area (Å²) in [6.07, 6.45) is -2.30. The molecule has 8 N–H and O–H groups in total. The van der Waals surface area contributed by atoms with Gasteiger partial charge in [0.25, 0.3) is 0 Å². The fourth-order valence-electron chi connectivity index (χ4n) is 3.42. The zero-order valence-corrected chi connectivity index (χ0v) is 26.1. The van der Waals surface area contributed by atoms with Crippen LogP contribution in [-0.2, 0) is 36.3 Å². The quantitative estimate of drug-likeness (QED) is 0.0527. The van der Waals surface area contributed by atoms with E-state index in [4.69, 9.17) is 36.3 Å². The van der Waals surface area contributed by atoms with Crippen LogP contribution in [-0.4, -0.2) is 85.7 Å². The third kappa shape index (κ3) is 15.2. The van der Waals surface area contributed by atoms with Gasteiger partial charge < -0.3 is 45.4 Å². The SMILES string of the molecule is C.CCN(CC)CC.[N-]=[N+]=NCO[C@@H]1C[C@H](n2cc(C#CCN)c(N)nc2=O)O[C@@H]1COP(=O)(O)OP(=O)(O)OP(=O)(O)O. The van der Waals surface area contributed by atoms with Crippen LogP contribution >= 0.6 is 23.5 Å². The fourth-order valence-corrected chi connectivity index (χ4v) is 6.45. The number of ether oxygens (including phenoxy) is 2. The maximum Gasteiger partial charge on any atom is 0.490 e. The lowest BCUT2D eigenvalue weighted by molar-refractivity contribution is -0.0601. The summed E-state index contributed by atoms with van der Waals surface area (Å²) in [7, 11) is -16.8. The third-order valence-electron chi connectivity index (χ3n) is 5.37. The number of hydrogen-bond donors (Lipinski definition) is 6. The van der Waals surface area contributed by atoms with Crippen molar-refractivity contribution in [3.63, 3.8) is 0 Å². The minimum absolute atomic E-state index is 0. The molecule has 44 heavy (non-hydrogen) atoms. The van der Waals surface area contributed by atoms with E-state index >= 15 is 0 Å². The van der Waals surface area contributed by atoms with E-state index in [1.165, 1.54) is 25.8 Å².